The molecular weight excluding hydrogens is 362 g/mol. The van der Waals surface area contributed by atoms with E-state index in [0.29, 0.717) is 49.6 Å². The fourth-order valence-corrected chi connectivity index (χ4v) is 3.01. The minimum atomic E-state index is -2.93. The Labute approximate surface area is 152 Å². The molecule has 3 aromatic rings. The van der Waals surface area contributed by atoms with Crippen LogP contribution in [0.5, 0.6) is 5.88 Å². The second-order valence-electron chi connectivity index (χ2n) is 6.37. The van der Waals surface area contributed by atoms with Crippen molar-refractivity contribution in [2.24, 2.45) is 0 Å². The van der Waals surface area contributed by atoms with E-state index in [9.17, 15) is 13.9 Å². The number of anilines is 2. The number of halogens is 2. The number of ether oxygens (including phenoxy) is 2. The van der Waals surface area contributed by atoms with E-state index in [2.05, 4.69) is 30.2 Å². The second-order valence-corrected chi connectivity index (χ2v) is 6.37. The highest BCUT2D eigenvalue weighted by Gasteiger charge is 2.30. The average Bonchev–Trinajstić information content (AvgIpc) is 3.22. The van der Waals surface area contributed by atoms with Crippen LogP contribution in [0, 0.1) is 0 Å². The van der Waals surface area contributed by atoms with Gasteiger partial charge in [0.25, 0.3) is 0 Å². The van der Waals surface area contributed by atoms with Crippen molar-refractivity contribution in [3.63, 3.8) is 0 Å². The number of nitrogens with zero attached hydrogens (tertiary/aromatic N) is 4. The van der Waals surface area contributed by atoms with Gasteiger partial charge in [-0.3, -0.25) is 0 Å². The minimum absolute atomic E-state index is 0.152. The maximum Gasteiger partial charge on any atom is 0.388 e. The minimum Gasteiger partial charge on any atom is -0.417 e. The molecule has 3 N–H and O–H groups in total. The zero-order valence-corrected chi connectivity index (χ0v) is 14.2. The first-order valence-electron chi connectivity index (χ1n) is 8.40. The summed E-state index contributed by atoms with van der Waals surface area (Å²) in [7, 11) is 0. The van der Waals surface area contributed by atoms with E-state index in [-0.39, 0.29) is 11.7 Å². The topological polar surface area (TPSA) is 110 Å². The van der Waals surface area contributed by atoms with E-state index < -0.39 is 12.2 Å². The molecular formula is C16H18F2N6O3. The van der Waals surface area contributed by atoms with Crippen LogP contribution in [0.2, 0.25) is 0 Å². The largest absolute Gasteiger partial charge is 0.417 e. The summed E-state index contributed by atoms with van der Waals surface area (Å²) in [5.41, 5.74) is 0.417. The number of imidazole rings is 1. The van der Waals surface area contributed by atoms with E-state index in [1.165, 1.54) is 6.07 Å². The molecule has 0 bridgehead atoms. The Hall–Kier alpha value is -2.79. The third-order valence-electron chi connectivity index (χ3n) is 4.38. The molecule has 3 aromatic heterocycles. The lowest BCUT2D eigenvalue weighted by Gasteiger charge is -2.32. The molecule has 0 aromatic carbocycles. The lowest BCUT2D eigenvalue weighted by Crippen LogP contribution is -2.40. The van der Waals surface area contributed by atoms with E-state index in [4.69, 9.17) is 4.74 Å². The molecule has 0 amide bonds. The fraction of sp³-hybridized carbons (Fsp3) is 0.438. The summed E-state index contributed by atoms with van der Waals surface area (Å²) in [6, 6.07) is 4.78. The number of aromatic amines is 1. The molecule has 11 heteroatoms. The summed E-state index contributed by atoms with van der Waals surface area (Å²) in [6.45, 7) is -1.53. The summed E-state index contributed by atoms with van der Waals surface area (Å²) in [5, 5.41) is 19.8. The van der Waals surface area contributed by atoms with Crippen LogP contribution in [0.25, 0.3) is 11.2 Å². The van der Waals surface area contributed by atoms with Gasteiger partial charge in [0.15, 0.2) is 11.5 Å². The van der Waals surface area contributed by atoms with E-state index in [1.54, 1.807) is 23.0 Å². The van der Waals surface area contributed by atoms with Crippen molar-refractivity contribution < 1.29 is 23.4 Å². The zero-order chi connectivity index (χ0) is 18.9. The fourth-order valence-electron chi connectivity index (χ4n) is 3.01. The van der Waals surface area contributed by atoms with Crippen molar-refractivity contribution >= 4 is 22.8 Å². The highest BCUT2D eigenvalue weighted by molar-refractivity contribution is 5.74. The van der Waals surface area contributed by atoms with E-state index in [0.717, 1.165) is 0 Å². The SMILES string of the molecule is OC1(Cn2cnc3ccc(Nc4cc(OC(F)F)[nH]n4)nc32)CCOCC1. The molecule has 0 atom stereocenters. The Morgan fingerprint density at radius 2 is 2.15 bits per heavy atom. The predicted octanol–water partition coefficient (Wildman–Crippen LogP) is 2.04. The monoisotopic (exact) mass is 380 g/mol. The lowest BCUT2D eigenvalue weighted by atomic mass is 9.94. The Bertz CT molecular complexity index is 922. The third-order valence-corrected chi connectivity index (χ3v) is 4.38. The van der Waals surface area contributed by atoms with Crippen LogP contribution < -0.4 is 10.1 Å². The molecule has 0 saturated carbocycles. The number of aliphatic hydroxyl groups is 1. The number of aromatic nitrogens is 5. The predicted molar refractivity (Wildman–Crippen MR) is 91.0 cm³/mol. The Kier molecular flexibility index (Phi) is 4.62. The number of pyridine rings is 1. The highest BCUT2D eigenvalue weighted by Crippen LogP contribution is 2.25. The van der Waals surface area contributed by atoms with Gasteiger partial charge in [0.05, 0.1) is 18.5 Å². The number of hydrogen-bond acceptors (Lipinski definition) is 7. The van der Waals surface area contributed by atoms with E-state index in [1.807, 2.05) is 0 Å². The van der Waals surface area contributed by atoms with Gasteiger partial charge in [-0.25, -0.2) is 15.1 Å². The van der Waals surface area contributed by atoms with Crippen LogP contribution >= 0.6 is 0 Å². The molecule has 144 valence electrons. The molecule has 4 heterocycles. The molecule has 1 fully saturated rings. The molecule has 0 unspecified atom stereocenters. The summed E-state index contributed by atoms with van der Waals surface area (Å²) in [5.74, 6) is 0.588. The lowest BCUT2D eigenvalue weighted by molar-refractivity contribution is -0.0723. The Morgan fingerprint density at radius 3 is 2.93 bits per heavy atom. The molecule has 9 nitrogen and oxygen atoms in total. The number of nitrogens with one attached hydrogen (secondary N) is 2. The summed E-state index contributed by atoms with van der Waals surface area (Å²) < 4.78 is 35.8. The molecule has 1 saturated heterocycles. The second kappa shape index (κ2) is 7.08. The van der Waals surface area contributed by atoms with Gasteiger partial charge in [-0.05, 0) is 12.1 Å². The number of H-pyrrole nitrogens is 1. The van der Waals surface area contributed by atoms with Gasteiger partial charge in [-0.15, -0.1) is 0 Å². The molecule has 0 radical (unpaired) electrons. The van der Waals surface area contributed by atoms with Crippen molar-refractivity contribution in [3.8, 4) is 5.88 Å². The first kappa shape index (κ1) is 17.6. The normalized spacial score (nSPS) is 16.7. The number of alkyl halides is 2. The average molecular weight is 380 g/mol. The molecule has 0 aliphatic carbocycles. The van der Waals surface area contributed by atoms with Crippen molar-refractivity contribution in [3.05, 3.63) is 24.5 Å². The quantitative estimate of drug-likeness (QED) is 0.600. The van der Waals surface area contributed by atoms with Crippen LogP contribution in [0.15, 0.2) is 24.5 Å². The van der Waals surface area contributed by atoms with Crippen molar-refractivity contribution in [1.29, 1.82) is 0 Å². The van der Waals surface area contributed by atoms with Gasteiger partial charge in [0.1, 0.15) is 11.3 Å². The van der Waals surface area contributed by atoms with Crippen LogP contribution in [0.3, 0.4) is 0 Å². The van der Waals surface area contributed by atoms with Crippen molar-refractivity contribution in [1.82, 2.24) is 24.7 Å². The molecule has 27 heavy (non-hydrogen) atoms. The van der Waals surface area contributed by atoms with Crippen LogP contribution in [0.1, 0.15) is 12.8 Å². The molecule has 1 aliphatic heterocycles. The van der Waals surface area contributed by atoms with E-state index >= 15 is 0 Å². The van der Waals surface area contributed by atoms with Gasteiger partial charge >= 0.3 is 6.61 Å². The first-order valence-corrected chi connectivity index (χ1v) is 8.40. The van der Waals surface area contributed by atoms with Crippen LogP contribution in [0.4, 0.5) is 20.4 Å². The first-order chi connectivity index (χ1) is 13.0. The van der Waals surface area contributed by atoms with Gasteiger partial charge < -0.3 is 24.5 Å². The molecule has 4 rings (SSSR count). The number of fused-ring (bicyclic) bond motifs is 1. The highest BCUT2D eigenvalue weighted by atomic mass is 19.3. The molecule has 0 spiro atoms. The van der Waals surface area contributed by atoms with Gasteiger partial charge in [0, 0.05) is 32.1 Å². The van der Waals surface area contributed by atoms with Gasteiger partial charge in [-0.1, -0.05) is 0 Å². The van der Waals surface area contributed by atoms with Crippen LogP contribution in [-0.2, 0) is 11.3 Å². The Balaban J connectivity index is 1.53. The number of hydrogen-bond donors (Lipinski definition) is 3. The smallest absolute Gasteiger partial charge is 0.388 e. The summed E-state index contributed by atoms with van der Waals surface area (Å²) >= 11 is 0. The van der Waals surface area contributed by atoms with Crippen molar-refractivity contribution in [2.75, 3.05) is 18.5 Å². The molecule has 1 aliphatic rings. The third kappa shape index (κ3) is 3.98. The van der Waals surface area contributed by atoms with Crippen LogP contribution in [-0.4, -0.2) is 55.3 Å². The number of rotatable bonds is 6. The summed E-state index contributed by atoms with van der Waals surface area (Å²) in [6.07, 6.45) is 2.73. The summed E-state index contributed by atoms with van der Waals surface area (Å²) in [4.78, 5) is 8.81. The van der Waals surface area contributed by atoms with Gasteiger partial charge in [0.2, 0.25) is 5.88 Å². The Morgan fingerprint density at radius 1 is 1.33 bits per heavy atom. The van der Waals surface area contributed by atoms with Gasteiger partial charge in [-0.2, -0.15) is 13.9 Å². The standard InChI is InChI=1S/C16H18F2N6O3/c17-15(18)27-13-7-12(22-23-13)20-11-2-1-10-14(21-11)24(9-19-10)8-16(25)3-5-26-6-4-16/h1-2,7,9,15,25H,3-6,8H2,(H2,20,21,22,23). The maximum atomic E-state index is 12.2. The zero-order valence-electron chi connectivity index (χ0n) is 14.2. The maximum absolute atomic E-state index is 12.2. The van der Waals surface area contributed by atoms with Crippen molar-refractivity contribution in [2.45, 2.75) is 31.6 Å².